The van der Waals surface area contributed by atoms with Crippen molar-refractivity contribution in [2.24, 2.45) is 0 Å². The van der Waals surface area contributed by atoms with Gasteiger partial charge >= 0.3 is 0 Å². The van der Waals surface area contributed by atoms with Gasteiger partial charge in [0.25, 0.3) is 0 Å². The molecule has 0 fully saturated rings. The Morgan fingerprint density at radius 2 is 1.03 bits per heavy atom. The van der Waals surface area contributed by atoms with E-state index < -0.39 is 5.41 Å². The van der Waals surface area contributed by atoms with E-state index in [1.54, 1.807) is 0 Å². The summed E-state index contributed by atoms with van der Waals surface area (Å²) in [5, 5.41) is 0. The average molecular weight is 774 g/mol. The van der Waals surface area contributed by atoms with Crippen molar-refractivity contribution in [3.8, 4) is 39.1 Å². The SMILES string of the molecule is C=CC1=C(C=C)C2(C(C=C)=C(CC)Oc3cc(-c4ccc(N(c5ccc(-c6ccccc6)cc5)c5ccc6c(c5)C(C)(C)c5ccccc5-6)cc4)ccc32)c2ccccc21. The molecule has 3 aliphatic rings. The first-order valence-electron chi connectivity index (χ1n) is 20.9. The molecule has 1 heterocycles. The summed E-state index contributed by atoms with van der Waals surface area (Å²) in [5.41, 5.74) is 19.2. The number of anilines is 3. The zero-order valence-electron chi connectivity index (χ0n) is 34.5. The van der Waals surface area contributed by atoms with Crippen molar-refractivity contribution >= 4 is 22.6 Å². The van der Waals surface area contributed by atoms with E-state index in [4.69, 9.17) is 4.74 Å². The second-order valence-corrected chi connectivity index (χ2v) is 16.4. The van der Waals surface area contributed by atoms with Gasteiger partial charge < -0.3 is 9.64 Å². The summed E-state index contributed by atoms with van der Waals surface area (Å²) in [7, 11) is 0. The number of rotatable bonds is 9. The highest BCUT2D eigenvalue weighted by atomic mass is 16.5. The number of benzene rings is 7. The van der Waals surface area contributed by atoms with E-state index >= 15 is 0 Å². The maximum absolute atomic E-state index is 6.82. The lowest BCUT2D eigenvalue weighted by Crippen LogP contribution is -2.34. The first-order valence-corrected chi connectivity index (χ1v) is 20.9. The van der Waals surface area contributed by atoms with E-state index in [0.29, 0.717) is 0 Å². The molecule has 1 atom stereocenters. The number of allylic oxidation sites excluding steroid dienone is 7. The lowest BCUT2D eigenvalue weighted by atomic mass is 9.64. The molecule has 2 nitrogen and oxygen atoms in total. The van der Waals surface area contributed by atoms with Crippen molar-refractivity contribution in [2.45, 2.75) is 38.0 Å². The molecule has 0 bridgehead atoms. The number of ether oxygens (including phenoxy) is 1. The molecule has 7 aromatic carbocycles. The van der Waals surface area contributed by atoms with Gasteiger partial charge in [0.05, 0.1) is 5.41 Å². The lowest BCUT2D eigenvalue weighted by molar-refractivity contribution is 0.371. The molecular weight excluding hydrogens is 727 g/mol. The van der Waals surface area contributed by atoms with Gasteiger partial charge in [0.15, 0.2) is 0 Å². The van der Waals surface area contributed by atoms with E-state index in [9.17, 15) is 0 Å². The zero-order chi connectivity index (χ0) is 41.2. The van der Waals surface area contributed by atoms with Crippen LogP contribution in [0.25, 0.3) is 39.0 Å². The van der Waals surface area contributed by atoms with Crippen molar-refractivity contribution < 1.29 is 4.74 Å². The van der Waals surface area contributed by atoms with Gasteiger partial charge in [0.2, 0.25) is 0 Å². The van der Waals surface area contributed by atoms with E-state index in [0.717, 1.165) is 68.4 Å². The van der Waals surface area contributed by atoms with Gasteiger partial charge in [-0.1, -0.05) is 180 Å². The van der Waals surface area contributed by atoms with E-state index in [1.807, 2.05) is 18.2 Å². The first kappa shape index (κ1) is 37.1. The molecule has 1 spiro atoms. The van der Waals surface area contributed by atoms with Gasteiger partial charge in [-0.25, -0.2) is 0 Å². The molecule has 0 radical (unpaired) electrons. The monoisotopic (exact) mass is 773 g/mol. The van der Waals surface area contributed by atoms with Crippen molar-refractivity contribution in [1.29, 1.82) is 0 Å². The Labute approximate surface area is 354 Å². The van der Waals surface area contributed by atoms with Gasteiger partial charge in [0, 0.05) is 40.0 Å². The topological polar surface area (TPSA) is 12.5 Å². The summed E-state index contributed by atoms with van der Waals surface area (Å²) >= 11 is 0. The predicted molar refractivity (Wildman–Crippen MR) is 252 cm³/mol. The van der Waals surface area contributed by atoms with Gasteiger partial charge in [-0.3, -0.25) is 0 Å². The van der Waals surface area contributed by atoms with Crippen molar-refractivity contribution in [3.63, 3.8) is 0 Å². The number of nitrogens with zero attached hydrogens (tertiary/aromatic N) is 1. The molecule has 0 aromatic heterocycles. The fourth-order valence-electron chi connectivity index (χ4n) is 10.3. The fraction of sp³-hybridized carbons (Fsp3) is 0.103. The summed E-state index contributed by atoms with van der Waals surface area (Å²) in [4.78, 5) is 2.38. The molecule has 7 aromatic rings. The Hall–Kier alpha value is -7.16. The van der Waals surface area contributed by atoms with E-state index in [-0.39, 0.29) is 5.41 Å². The minimum Gasteiger partial charge on any atom is -0.461 e. The summed E-state index contributed by atoms with van der Waals surface area (Å²) < 4.78 is 6.82. The molecule has 0 saturated heterocycles. The predicted octanol–water partition coefficient (Wildman–Crippen LogP) is 15.5. The Morgan fingerprint density at radius 1 is 0.483 bits per heavy atom. The van der Waals surface area contributed by atoms with Crippen LogP contribution in [-0.4, -0.2) is 0 Å². The molecule has 2 aliphatic carbocycles. The first-order chi connectivity index (χ1) is 29.3. The maximum atomic E-state index is 6.82. The van der Waals surface area contributed by atoms with Crippen LogP contribution in [0.1, 0.15) is 55.0 Å². The molecule has 10 rings (SSSR count). The molecule has 60 heavy (non-hydrogen) atoms. The Morgan fingerprint density at radius 3 is 1.68 bits per heavy atom. The third kappa shape index (κ3) is 5.41. The third-order valence-electron chi connectivity index (χ3n) is 13.1. The highest BCUT2D eigenvalue weighted by Gasteiger charge is 2.51. The van der Waals surface area contributed by atoms with Crippen LogP contribution in [0.3, 0.4) is 0 Å². The van der Waals surface area contributed by atoms with E-state index in [1.165, 1.54) is 44.5 Å². The fourth-order valence-corrected chi connectivity index (χ4v) is 10.3. The Balaban J connectivity index is 1.07. The molecule has 0 amide bonds. The summed E-state index contributed by atoms with van der Waals surface area (Å²) in [5.74, 6) is 1.76. The highest BCUT2D eigenvalue weighted by molar-refractivity contribution is 5.93. The lowest BCUT2D eigenvalue weighted by Gasteiger charge is -2.41. The summed E-state index contributed by atoms with van der Waals surface area (Å²) in [6.07, 6.45) is 6.66. The molecule has 2 heteroatoms. The van der Waals surface area contributed by atoms with Crippen LogP contribution in [0.4, 0.5) is 17.1 Å². The second-order valence-electron chi connectivity index (χ2n) is 16.4. The number of hydrogen-bond acceptors (Lipinski definition) is 2. The molecular formula is C58H47NO. The van der Waals surface area contributed by atoms with Crippen molar-refractivity contribution in [1.82, 2.24) is 0 Å². The van der Waals surface area contributed by atoms with Gasteiger partial charge in [0.1, 0.15) is 11.5 Å². The number of fused-ring (bicyclic) bond motifs is 7. The van der Waals surface area contributed by atoms with Crippen LogP contribution in [-0.2, 0) is 10.8 Å². The van der Waals surface area contributed by atoms with Crippen LogP contribution in [0.2, 0.25) is 0 Å². The smallest absolute Gasteiger partial charge is 0.132 e. The minimum absolute atomic E-state index is 0.114. The highest BCUT2D eigenvalue weighted by Crippen LogP contribution is 2.60. The van der Waals surface area contributed by atoms with Crippen LogP contribution in [0.15, 0.2) is 219 Å². The normalized spacial score (nSPS) is 16.7. The molecule has 0 saturated carbocycles. The van der Waals surface area contributed by atoms with Gasteiger partial charge in [-0.2, -0.15) is 0 Å². The Kier molecular flexibility index (Phi) is 8.84. The van der Waals surface area contributed by atoms with Crippen molar-refractivity contribution in [2.75, 3.05) is 4.90 Å². The van der Waals surface area contributed by atoms with Crippen LogP contribution in [0.5, 0.6) is 5.75 Å². The molecule has 290 valence electrons. The van der Waals surface area contributed by atoms with Gasteiger partial charge in [-0.15, -0.1) is 0 Å². The van der Waals surface area contributed by atoms with Crippen LogP contribution >= 0.6 is 0 Å². The van der Waals surface area contributed by atoms with Crippen LogP contribution in [0, 0.1) is 0 Å². The van der Waals surface area contributed by atoms with Crippen LogP contribution < -0.4 is 9.64 Å². The molecule has 0 N–H and O–H groups in total. The maximum Gasteiger partial charge on any atom is 0.132 e. The van der Waals surface area contributed by atoms with E-state index in [2.05, 4.69) is 209 Å². The average Bonchev–Trinajstić information content (AvgIpc) is 3.71. The third-order valence-corrected chi connectivity index (χ3v) is 13.1. The van der Waals surface area contributed by atoms with Crippen molar-refractivity contribution in [3.05, 3.63) is 246 Å². The van der Waals surface area contributed by atoms with Gasteiger partial charge in [-0.05, 0) is 109 Å². The quantitative estimate of drug-likeness (QED) is 0.145. The summed E-state index contributed by atoms with van der Waals surface area (Å²) in [6, 6.07) is 59.6. The minimum atomic E-state index is -0.604. The Bertz CT molecular complexity index is 2940. The standard InChI is InChI=1S/C58H47NO/c1-7-45-46-20-15-17-23-52(46)58(49(45)8-2)50(9-3)55(10-4)60-56-36-41(28-35-53(56)58)40-26-31-43(32-27-40)59(42-29-24-39(25-30-42)38-18-12-11-13-19-38)44-33-34-48-47-21-14-16-22-51(47)57(5,6)54(48)37-44/h7-9,11-37H,1-3,10H2,4-6H3. The largest absolute Gasteiger partial charge is 0.461 e. The molecule has 1 unspecified atom stereocenters. The number of hydrogen-bond donors (Lipinski definition) is 0. The summed E-state index contributed by atoms with van der Waals surface area (Å²) in [6.45, 7) is 19.7. The second kappa shape index (κ2) is 14.3. The zero-order valence-corrected chi connectivity index (χ0v) is 34.5. The molecule has 1 aliphatic heterocycles.